The van der Waals surface area contributed by atoms with E-state index in [2.05, 4.69) is 0 Å². The van der Waals surface area contributed by atoms with E-state index in [0.717, 1.165) is 44.1 Å². The Hall–Kier alpha value is -1.00. The van der Waals surface area contributed by atoms with Crippen LogP contribution in [-0.2, 0) is 0 Å². The number of halogens is 3. The summed E-state index contributed by atoms with van der Waals surface area (Å²) in [7, 11) is 0. The van der Waals surface area contributed by atoms with Gasteiger partial charge in [-0.05, 0) is 62.0 Å². The minimum atomic E-state index is -1.25. The lowest BCUT2D eigenvalue weighted by molar-refractivity contribution is 0.0691. The van der Waals surface area contributed by atoms with Gasteiger partial charge in [-0.3, -0.25) is 0 Å². The lowest BCUT2D eigenvalue weighted by Crippen LogP contribution is -2.26. The highest BCUT2D eigenvalue weighted by atomic mass is 35.5. The maximum absolute atomic E-state index is 13.9. The number of alkyl halides is 2. The third-order valence-corrected chi connectivity index (χ3v) is 5.41. The van der Waals surface area contributed by atoms with Gasteiger partial charge in [-0.15, -0.1) is 23.2 Å². The summed E-state index contributed by atoms with van der Waals surface area (Å²) in [5.41, 5.74) is 0.523. The van der Waals surface area contributed by atoms with Crippen LogP contribution in [0, 0.1) is 11.7 Å². The molecule has 1 aromatic carbocycles. The van der Waals surface area contributed by atoms with Crippen LogP contribution >= 0.6 is 23.2 Å². The molecule has 0 saturated heterocycles. The quantitative estimate of drug-likeness (QED) is 0.739. The lowest BCUT2D eigenvalue weighted by atomic mass is 9.89. The Balaban J connectivity index is 1.70. The van der Waals surface area contributed by atoms with Crippen molar-refractivity contribution in [1.82, 2.24) is 0 Å². The molecule has 0 amide bonds. The molecule has 0 aromatic heterocycles. The van der Waals surface area contributed by atoms with E-state index in [1.54, 1.807) is 0 Å². The fourth-order valence-corrected chi connectivity index (χ4v) is 3.48. The zero-order valence-corrected chi connectivity index (χ0v) is 14.2. The van der Waals surface area contributed by atoms with Gasteiger partial charge in [0.25, 0.3) is 0 Å². The molecule has 2 aliphatic rings. The molecule has 1 aromatic rings. The number of carboxylic acid groups (broad SMARTS) is 1. The number of aromatic carboxylic acids is 1. The third-order valence-electron chi connectivity index (χ3n) is 4.66. The van der Waals surface area contributed by atoms with Crippen LogP contribution in [0.2, 0.25) is 0 Å². The molecule has 0 aliphatic heterocycles. The van der Waals surface area contributed by atoms with Crippen LogP contribution in [0.3, 0.4) is 0 Å². The number of hydrogen-bond acceptors (Lipinski definition) is 2. The first-order valence-electron chi connectivity index (χ1n) is 7.93. The van der Waals surface area contributed by atoms with E-state index in [0.29, 0.717) is 18.3 Å². The minimum Gasteiger partial charge on any atom is -0.493 e. The molecule has 3 nitrogen and oxygen atoms in total. The Morgan fingerprint density at radius 3 is 2.48 bits per heavy atom. The fourth-order valence-electron chi connectivity index (χ4n) is 3.05. The lowest BCUT2D eigenvalue weighted by Gasteiger charge is -2.30. The summed E-state index contributed by atoms with van der Waals surface area (Å²) in [6, 6.07) is 2.64. The van der Waals surface area contributed by atoms with Gasteiger partial charge >= 0.3 is 5.97 Å². The van der Waals surface area contributed by atoms with Gasteiger partial charge in [0.2, 0.25) is 0 Å². The van der Waals surface area contributed by atoms with Crippen LogP contribution in [0.15, 0.2) is 12.1 Å². The molecule has 0 atom stereocenters. The Kier molecular flexibility index (Phi) is 4.75. The molecular formula is C17H19Cl2FO3. The summed E-state index contributed by atoms with van der Waals surface area (Å²) < 4.78 is 19.1. The second-order valence-corrected chi connectivity index (χ2v) is 8.20. The van der Waals surface area contributed by atoms with Crippen molar-refractivity contribution in [3.05, 3.63) is 29.1 Å². The summed E-state index contributed by atoms with van der Waals surface area (Å²) in [6.45, 7) is 0.482. The first kappa shape index (κ1) is 16.8. The molecule has 0 unspecified atom stereocenters. The summed E-state index contributed by atoms with van der Waals surface area (Å²) >= 11 is 12.2. The second kappa shape index (κ2) is 6.48. The molecular weight excluding hydrogens is 342 g/mol. The maximum atomic E-state index is 13.9. The number of carbonyl (C=O) groups is 1. The molecule has 6 heteroatoms. The van der Waals surface area contributed by atoms with Crippen molar-refractivity contribution < 1.29 is 19.0 Å². The van der Waals surface area contributed by atoms with Crippen LogP contribution < -0.4 is 4.74 Å². The number of carboxylic acids is 1. The summed E-state index contributed by atoms with van der Waals surface area (Å²) in [5, 5.41) is 9.06. The highest BCUT2D eigenvalue weighted by molar-refractivity contribution is 6.48. The summed E-state index contributed by atoms with van der Waals surface area (Å²) in [4.78, 5) is 11.1. The molecule has 23 heavy (non-hydrogen) atoms. The summed E-state index contributed by atoms with van der Waals surface area (Å²) in [6.07, 6.45) is 5.19. The number of rotatable bonds is 5. The molecule has 3 rings (SSSR count). The zero-order valence-electron chi connectivity index (χ0n) is 12.7. The average molecular weight is 361 g/mol. The molecule has 0 radical (unpaired) electrons. The normalized spacial score (nSPS) is 21.2. The molecule has 0 heterocycles. The van der Waals surface area contributed by atoms with Crippen LogP contribution in [-0.4, -0.2) is 22.0 Å². The van der Waals surface area contributed by atoms with Gasteiger partial charge in [-0.2, -0.15) is 0 Å². The van der Waals surface area contributed by atoms with Gasteiger partial charge in [0.15, 0.2) is 0 Å². The van der Waals surface area contributed by atoms with Crippen LogP contribution in [0.5, 0.6) is 5.75 Å². The number of ether oxygens (including phenoxy) is 1. The van der Waals surface area contributed by atoms with Crippen LogP contribution in [0.1, 0.15) is 60.4 Å². The molecule has 2 aliphatic carbocycles. The van der Waals surface area contributed by atoms with Gasteiger partial charge in [-0.25, -0.2) is 9.18 Å². The van der Waals surface area contributed by atoms with Gasteiger partial charge in [0, 0.05) is 6.07 Å². The minimum absolute atomic E-state index is 0.286. The molecule has 1 N–H and O–H groups in total. The predicted molar refractivity (Wildman–Crippen MR) is 87.2 cm³/mol. The van der Waals surface area contributed by atoms with Gasteiger partial charge in [0.05, 0.1) is 12.2 Å². The average Bonchev–Trinajstić information content (AvgIpc) is 3.30. The van der Waals surface area contributed by atoms with Crippen molar-refractivity contribution in [1.29, 1.82) is 0 Å². The first-order chi connectivity index (χ1) is 10.9. The topological polar surface area (TPSA) is 46.5 Å². The van der Waals surface area contributed by atoms with E-state index in [4.69, 9.17) is 33.0 Å². The standard InChI is InChI=1S/C17H19Cl2FO3/c18-17(19)5-3-10(4-6-17)9-23-15-8-14(20)13(16(21)22)7-12(15)11-1-2-11/h7-8,10-11H,1-6,9H2,(H,21,22). The van der Waals surface area contributed by atoms with Gasteiger partial charge in [-0.1, -0.05) is 0 Å². The van der Waals surface area contributed by atoms with Crippen molar-refractivity contribution >= 4 is 29.2 Å². The highest BCUT2D eigenvalue weighted by Gasteiger charge is 2.32. The number of hydrogen-bond donors (Lipinski definition) is 1. The Morgan fingerprint density at radius 2 is 1.91 bits per heavy atom. The molecule has 0 bridgehead atoms. The fraction of sp³-hybridized carbons (Fsp3) is 0.588. The van der Waals surface area contributed by atoms with E-state index >= 15 is 0 Å². The van der Waals surface area contributed by atoms with Crippen molar-refractivity contribution in [3.63, 3.8) is 0 Å². The molecule has 2 saturated carbocycles. The van der Waals surface area contributed by atoms with E-state index in [-0.39, 0.29) is 11.5 Å². The molecule has 126 valence electrons. The summed E-state index contributed by atoms with van der Waals surface area (Å²) in [5.74, 6) is -0.892. The monoisotopic (exact) mass is 360 g/mol. The second-order valence-electron chi connectivity index (χ2n) is 6.56. The third kappa shape index (κ3) is 4.10. The molecule has 0 spiro atoms. The van der Waals surface area contributed by atoms with Crippen molar-refractivity contribution in [2.24, 2.45) is 5.92 Å². The van der Waals surface area contributed by atoms with Crippen molar-refractivity contribution in [2.45, 2.75) is 48.8 Å². The Bertz CT molecular complexity index is 604. The largest absolute Gasteiger partial charge is 0.493 e. The van der Waals surface area contributed by atoms with Crippen LogP contribution in [0.4, 0.5) is 4.39 Å². The highest BCUT2D eigenvalue weighted by Crippen LogP contribution is 2.46. The SMILES string of the molecule is O=C(O)c1cc(C2CC2)c(OCC2CCC(Cl)(Cl)CC2)cc1F. The van der Waals surface area contributed by atoms with E-state index < -0.39 is 16.1 Å². The van der Waals surface area contributed by atoms with Crippen molar-refractivity contribution in [2.75, 3.05) is 6.61 Å². The first-order valence-corrected chi connectivity index (χ1v) is 8.69. The van der Waals surface area contributed by atoms with Crippen molar-refractivity contribution in [3.8, 4) is 5.75 Å². The molecule has 2 fully saturated rings. The Morgan fingerprint density at radius 1 is 1.26 bits per heavy atom. The van der Waals surface area contributed by atoms with Crippen LogP contribution in [0.25, 0.3) is 0 Å². The number of benzene rings is 1. The zero-order chi connectivity index (χ0) is 16.6. The van der Waals surface area contributed by atoms with Gasteiger partial charge in [0.1, 0.15) is 15.9 Å². The van der Waals surface area contributed by atoms with Gasteiger partial charge < -0.3 is 9.84 Å². The van der Waals surface area contributed by atoms with E-state index in [1.807, 2.05) is 0 Å². The predicted octanol–water partition coefficient (Wildman–Crippen LogP) is 5.14. The van der Waals surface area contributed by atoms with E-state index in [9.17, 15) is 9.18 Å². The van der Waals surface area contributed by atoms with E-state index in [1.165, 1.54) is 12.1 Å². The smallest absolute Gasteiger partial charge is 0.338 e. The Labute approximate surface area is 144 Å². The maximum Gasteiger partial charge on any atom is 0.338 e.